The van der Waals surface area contributed by atoms with E-state index in [0.717, 1.165) is 66.4 Å². The van der Waals surface area contributed by atoms with Crippen molar-refractivity contribution in [3.8, 4) is 0 Å². The highest BCUT2D eigenvalue weighted by atomic mass is 35.5. The average Bonchev–Trinajstić information content (AvgIpc) is 3.11. The van der Waals surface area contributed by atoms with Crippen LogP contribution in [0.15, 0.2) is 28.6 Å². The highest BCUT2D eigenvalue weighted by Crippen LogP contribution is 2.28. The third-order valence-electron chi connectivity index (χ3n) is 4.93. The molecule has 1 aromatic heterocycles. The highest BCUT2D eigenvalue weighted by Gasteiger charge is 2.18. The number of aromatic nitrogens is 1. The number of hydrogen-bond donors (Lipinski definition) is 2. The van der Waals surface area contributed by atoms with Gasteiger partial charge in [-0.15, -0.1) is 11.3 Å². The minimum absolute atomic E-state index is 0.636. The van der Waals surface area contributed by atoms with Crippen LogP contribution in [0.1, 0.15) is 16.3 Å². The van der Waals surface area contributed by atoms with Gasteiger partial charge >= 0.3 is 0 Å². The molecule has 1 aromatic carbocycles. The molecule has 0 atom stereocenters. The van der Waals surface area contributed by atoms with Gasteiger partial charge in [-0.1, -0.05) is 17.7 Å². The van der Waals surface area contributed by atoms with Gasteiger partial charge in [-0.3, -0.25) is 4.99 Å². The second kappa shape index (κ2) is 10.1. The summed E-state index contributed by atoms with van der Waals surface area (Å²) in [5.41, 5.74) is 3.45. The SMILES string of the molecule is CN=C(NCCc1csc(C)n1)NCc1c(Cl)cccc1N1CCN(C)CC1. The zero-order valence-corrected chi connectivity index (χ0v) is 18.4. The van der Waals surface area contributed by atoms with Crippen LogP contribution in [0.5, 0.6) is 0 Å². The molecule has 0 spiro atoms. The maximum absolute atomic E-state index is 6.55. The number of thiazole rings is 1. The Morgan fingerprint density at radius 1 is 1.25 bits per heavy atom. The maximum atomic E-state index is 6.55. The normalized spacial score (nSPS) is 15.7. The number of hydrogen-bond acceptors (Lipinski definition) is 5. The molecule has 0 aliphatic carbocycles. The number of benzene rings is 1. The Balaban J connectivity index is 1.57. The van der Waals surface area contributed by atoms with E-state index in [2.05, 4.69) is 48.9 Å². The molecule has 0 saturated carbocycles. The minimum Gasteiger partial charge on any atom is -0.369 e. The second-order valence-corrected chi connectivity index (χ2v) is 8.46. The third-order valence-corrected chi connectivity index (χ3v) is 6.11. The number of aryl methyl sites for hydroxylation is 1. The first-order valence-corrected chi connectivity index (χ1v) is 10.9. The molecule has 6 nitrogen and oxygen atoms in total. The first-order chi connectivity index (χ1) is 13.6. The molecular formula is C20H29ClN6S. The monoisotopic (exact) mass is 420 g/mol. The summed E-state index contributed by atoms with van der Waals surface area (Å²) < 4.78 is 0. The summed E-state index contributed by atoms with van der Waals surface area (Å²) >= 11 is 8.23. The van der Waals surface area contributed by atoms with Crippen LogP contribution in [0.3, 0.4) is 0 Å². The molecule has 2 heterocycles. The summed E-state index contributed by atoms with van der Waals surface area (Å²) in [4.78, 5) is 13.6. The molecule has 0 radical (unpaired) electrons. The molecule has 0 bridgehead atoms. The lowest BCUT2D eigenvalue weighted by Gasteiger charge is -2.35. The van der Waals surface area contributed by atoms with Crippen LogP contribution in [-0.4, -0.2) is 62.7 Å². The van der Waals surface area contributed by atoms with E-state index in [4.69, 9.17) is 11.6 Å². The number of aliphatic imine (C=N–C) groups is 1. The van der Waals surface area contributed by atoms with Gasteiger partial charge in [0.05, 0.1) is 10.7 Å². The molecule has 0 amide bonds. The van der Waals surface area contributed by atoms with Crippen molar-refractivity contribution in [2.75, 3.05) is 51.7 Å². The van der Waals surface area contributed by atoms with Gasteiger partial charge in [0.1, 0.15) is 0 Å². The van der Waals surface area contributed by atoms with E-state index in [1.807, 2.05) is 19.1 Å². The standard InChI is InChI=1S/C20H29ClN6S/c1-15-25-16(14-28-15)7-8-23-20(22-2)24-13-17-18(21)5-4-6-19(17)27-11-9-26(3)10-12-27/h4-6,14H,7-13H2,1-3H3,(H2,22,23,24). The molecule has 8 heteroatoms. The Morgan fingerprint density at radius 3 is 2.71 bits per heavy atom. The summed E-state index contributed by atoms with van der Waals surface area (Å²) in [5.74, 6) is 0.774. The van der Waals surface area contributed by atoms with Crippen molar-refractivity contribution in [1.82, 2.24) is 20.5 Å². The summed E-state index contributed by atoms with van der Waals surface area (Å²) in [5, 5.41) is 10.8. The Morgan fingerprint density at radius 2 is 2.04 bits per heavy atom. The van der Waals surface area contributed by atoms with E-state index >= 15 is 0 Å². The van der Waals surface area contributed by atoms with Crippen LogP contribution in [0.2, 0.25) is 5.02 Å². The quantitative estimate of drug-likeness (QED) is 0.556. The summed E-state index contributed by atoms with van der Waals surface area (Å²) in [6, 6.07) is 6.15. The molecule has 1 saturated heterocycles. The molecule has 1 fully saturated rings. The second-order valence-electron chi connectivity index (χ2n) is 6.99. The number of anilines is 1. The number of nitrogens with zero attached hydrogens (tertiary/aromatic N) is 4. The fraction of sp³-hybridized carbons (Fsp3) is 0.500. The van der Waals surface area contributed by atoms with Crippen LogP contribution < -0.4 is 15.5 Å². The lowest BCUT2D eigenvalue weighted by Crippen LogP contribution is -2.45. The Labute approximate surface area is 176 Å². The van der Waals surface area contributed by atoms with Crippen molar-refractivity contribution in [3.63, 3.8) is 0 Å². The van der Waals surface area contributed by atoms with Crippen molar-refractivity contribution >= 4 is 34.6 Å². The van der Waals surface area contributed by atoms with E-state index in [-0.39, 0.29) is 0 Å². The topological polar surface area (TPSA) is 55.8 Å². The van der Waals surface area contributed by atoms with Crippen molar-refractivity contribution in [3.05, 3.63) is 44.9 Å². The lowest BCUT2D eigenvalue weighted by molar-refractivity contribution is 0.312. The Hall–Kier alpha value is -1.83. The molecule has 2 aromatic rings. The summed E-state index contributed by atoms with van der Waals surface area (Å²) in [6.45, 7) is 7.63. The Kier molecular flexibility index (Phi) is 7.53. The zero-order chi connectivity index (χ0) is 19.9. The van der Waals surface area contributed by atoms with Crippen LogP contribution in [-0.2, 0) is 13.0 Å². The van der Waals surface area contributed by atoms with Crippen molar-refractivity contribution < 1.29 is 0 Å². The third kappa shape index (κ3) is 5.59. The predicted octanol–water partition coefficient (Wildman–Crippen LogP) is 2.76. The minimum atomic E-state index is 0.636. The fourth-order valence-electron chi connectivity index (χ4n) is 3.29. The maximum Gasteiger partial charge on any atom is 0.191 e. The van der Waals surface area contributed by atoms with E-state index in [1.165, 1.54) is 5.69 Å². The van der Waals surface area contributed by atoms with Crippen LogP contribution in [0, 0.1) is 6.92 Å². The van der Waals surface area contributed by atoms with Gasteiger partial charge in [0.2, 0.25) is 0 Å². The highest BCUT2D eigenvalue weighted by molar-refractivity contribution is 7.09. The number of nitrogens with one attached hydrogen (secondary N) is 2. The first kappa shape index (κ1) is 20.9. The number of piperazine rings is 1. The molecule has 28 heavy (non-hydrogen) atoms. The van der Waals surface area contributed by atoms with Gasteiger partial charge in [-0.2, -0.15) is 0 Å². The molecule has 3 rings (SSSR count). The van der Waals surface area contributed by atoms with E-state index < -0.39 is 0 Å². The average molecular weight is 421 g/mol. The molecule has 1 aliphatic rings. The Bertz CT molecular complexity index is 798. The van der Waals surface area contributed by atoms with Crippen molar-refractivity contribution in [2.24, 2.45) is 4.99 Å². The molecule has 152 valence electrons. The molecular weight excluding hydrogens is 392 g/mol. The van der Waals surface area contributed by atoms with Gasteiger partial charge in [-0.25, -0.2) is 4.98 Å². The largest absolute Gasteiger partial charge is 0.369 e. The van der Waals surface area contributed by atoms with E-state index in [0.29, 0.717) is 6.54 Å². The van der Waals surface area contributed by atoms with Gasteiger partial charge in [0.25, 0.3) is 0 Å². The smallest absolute Gasteiger partial charge is 0.191 e. The van der Waals surface area contributed by atoms with Crippen LogP contribution in [0.4, 0.5) is 5.69 Å². The fourth-order valence-corrected chi connectivity index (χ4v) is 4.17. The van der Waals surface area contributed by atoms with Gasteiger partial charge in [0.15, 0.2) is 5.96 Å². The number of halogens is 1. The molecule has 1 aliphatic heterocycles. The predicted molar refractivity (Wildman–Crippen MR) is 120 cm³/mol. The van der Waals surface area contributed by atoms with Crippen LogP contribution in [0.25, 0.3) is 0 Å². The van der Waals surface area contributed by atoms with Crippen LogP contribution >= 0.6 is 22.9 Å². The summed E-state index contributed by atoms with van der Waals surface area (Å²) in [7, 11) is 3.96. The number of likely N-dealkylation sites (N-methyl/N-ethyl adjacent to an activating group) is 1. The van der Waals surface area contributed by atoms with Gasteiger partial charge in [-0.05, 0) is 26.1 Å². The number of rotatable bonds is 6. The summed E-state index contributed by atoms with van der Waals surface area (Å²) in [6.07, 6.45) is 0.879. The van der Waals surface area contributed by atoms with Crippen molar-refractivity contribution in [1.29, 1.82) is 0 Å². The number of guanidine groups is 1. The van der Waals surface area contributed by atoms with Gasteiger partial charge < -0.3 is 20.4 Å². The van der Waals surface area contributed by atoms with E-state index in [9.17, 15) is 0 Å². The van der Waals surface area contributed by atoms with Gasteiger partial charge in [0, 0.05) is 74.4 Å². The molecule has 2 N–H and O–H groups in total. The first-order valence-electron chi connectivity index (χ1n) is 9.63. The van der Waals surface area contributed by atoms with E-state index in [1.54, 1.807) is 18.4 Å². The lowest BCUT2D eigenvalue weighted by atomic mass is 10.1. The zero-order valence-electron chi connectivity index (χ0n) is 16.8. The van der Waals surface area contributed by atoms with Crippen molar-refractivity contribution in [2.45, 2.75) is 19.9 Å². The molecule has 0 unspecified atom stereocenters.